The summed E-state index contributed by atoms with van der Waals surface area (Å²) in [7, 11) is 0. The zero-order valence-corrected chi connectivity index (χ0v) is 8.39. The van der Waals surface area contributed by atoms with Gasteiger partial charge in [0.1, 0.15) is 5.82 Å². The predicted molar refractivity (Wildman–Crippen MR) is 54.4 cm³/mol. The largest absolute Gasteiger partial charge is 0.380 e. The van der Waals surface area contributed by atoms with Gasteiger partial charge in [-0.1, -0.05) is 6.92 Å². The average Bonchev–Trinajstić information content (AvgIpc) is 2.09. The van der Waals surface area contributed by atoms with Gasteiger partial charge < -0.3 is 5.32 Å². The molecule has 0 bridgehead atoms. The molecule has 0 unspecified atom stereocenters. The van der Waals surface area contributed by atoms with Crippen molar-refractivity contribution in [1.29, 1.82) is 0 Å². The average molecular weight is 181 g/mol. The van der Waals surface area contributed by atoms with Crippen LogP contribution in [0.15, 0.2) is 24.3 Å². The summed E-state index contributed by atoms with van der Waals surface area (Å²) < 4.78 is 12.6. The molecule has 0 aromatic heterocycles. The third-order valence-corrected chi connectivity index (χ3v) is 2.21. The van der Waals surface area contributed by atoms with E-state index in [1.165, 1.54) is 12.1 Å². The molecule has 13 heavy (non-hydrogen) atoms. The SMILES string of the molecule is CCC(C)(C)Nc1ccc(F)cc1. The first-order chi connectivity index (χ1) is 6.03. The summed E-state index contributed by atoms with van der Waals surface area (Å²) in [5.74, 6) is -0.195. The van der Waals surface area contributed by atoms with Crippen molar-refractivity contribution in [2.45, 2.75) is 32.7 Å². The maximum atomic E-state index is 12.6. The van der Waals surface area contributed by atoms with E-state index in [0.29, 0.717) is 0 Å². The van der Waals surface area contributed by atoms with Crippen molar-refractivity contribution in [2.75, 3.05) is 5.32 Å². The van der Waals surface area contributed by atoms with Crippen LogP contribution >= 0.6 is 0 Å². The summed E-state index contributed by atoms with van der Waals surface area (Å²) in [4.78, 5) is 0. The number of rotatable bonds is 3. The minimum Gasteiger partial charge on any atom is -0.380 e. The van der Waals surface area contributed by atoms with E-state index in [2.05, 4.69) is 26.1 Å². The van der Waals surface area contributed by atoms with Crippen molar-refractivity contribution in [1.82, 2.24) is 0 Å². The van der Waals surface area contributed by atoms with Crippen LogP contribution in [0.3, 0.4) is 0 Å². The van der Waals surface area contributed by atoms with Crippen LogP contribution in [-0.4, -0.2) is 5.54 Å². The summed E-state index contributed by atoms with van der Waals surface area (Å²) in [6.45, 7) is 6.36. The van der Waals surface area contributed by atoms with Crippen LogP contribution in [0.25, 0.3) is 0 Å². The lowest BCUT2D eigenvalue weighted by Gasteiger charge is -2.25. The lowest BCUT2D eigenvalue weighted by molar-refractivity contribution is 0.547. The molecule has 1 N–H and O–H groups in total. The number of nitrogens with one attached hydrogen (secondary N) is 1. The lowest BCUT2D eigenvalue weighted by atomic mass is 10.0. The summed E-state index contributed by atoms with van der Waals surface area (Å²) in [6, 6.07) is 6.45. The van der Waals surface area contributed by atoms with Crippen LogP contribution < -0.4 is 5.32 Å². The predicted octanol–water partition coefficient (Wildman–Crippen LogP) is 3.43. The van der Waals surface area contributed by atoms with Gasteiger partial charge in [0.2, 0.25) is 0 Å². The first-order valence-corrected chi connectivity index (χ1v) is 4.57. The Bertz CT molecular complexity index is 264. The lowest BCUT2D eigenvalue weighted by Crippen LogP contribution is -2.29. The highest BCUT2D eigenvalue weighted by Gasteiger charge is 2.13. The Hall–Kier alpha value is -1.05. The van der Waals surface area contributed by atoms with Gasteiger partial charge in [0, 0.05) is 11.2 Å². The molecule has 0 atom stereocenters. The number of anilines is 1. The topological polar surface area (TPSA) is 12.0 Å². The number of hydrogen-bond acceptors (Lipinski definition) is 1. The molecule has 1 aromatic rings. The van der Waals surface area contributed by atoms with E-state index in [9.17, 15) is 4.39 Å². The van der Waals surface area contributed by atoms with Crippen LogP contribution in [0, 0.1) is 5.82 Å². The molecule has 1 aromatic carbocycles. The quantitative estimate of drug-likeness (QED) is 0.753. The first-order valence-electron chi connectivity index (χ1n) is 4.57. The summed E-state index contributed by atoms with van der Waals surface area (Å²) >= 11 is 0. The van der Waals surface area contributed by atoms with Gasteiger partial charge in [0.05, 0.1) is 0 Å². The first kappa shape index (κ1) is 10.0. The monoisotopic (exact) mass is 181 g/mol. The molecule has 0 saturated carbocycles. The van der Waals surface area contributed by atoms with E-state index in [1.54, 1.807) is 12.1 Å². The molecule has 1 rings (SSSR count). The molecular formula is C11H16FN. The normalized spacial score (nSPS) is 11.4. The van der Waals surface area contributed by atoms with E-state index >= 15 is 0 Å². The molecule has 1 nitrogen and oxygen atoms in total. The van der Waals surface area contributed by atoms with Gasteiger partial charge >= 0.3 is 0 Å². The van der Waals surface area contributed by atoms with Gasteiger partial charge in [0.15, 0.2) is 0 Å². The van der Waals surface area contributed by atoms with Gasteiger partial charge in [0.25, 0.3) is 0 Å². The van der Waals surface area contributed by atoms with E-state index < -0.39 is 0 Å². The van der Waals surface area contributed by atoms with E-state index in [0.717, 1.165) is 12.1 Å². The fourth-order valence-corrected chi connectivity index (χ4v) is 1.01. The molecule has 0 aliphatic heterocycles. The Labute approximate surface area is 79.0 Å². The van der Waals surface area contributed by atoms with Crippen LogP contribution in [0.5, 0.6) is 0 Å². The fourth-order valence-electron chi connectivity index (χ4n) is 1.01. The molecule has 0 spiro atoms. The smallest absolute Gasteiger partial charge is 0.123 e. The van der Waals surface area contributed by atoms with Gasteiger partial charge in [-0.3, -0.25) is 0 Å². The minimum absolute atomic E-state index is 0.0673. The van der Waals surface area contributed by atoms with Crippen molar-refractivity contribution in [2.24, 2.45) is 0 Å². The standard InChI is InChI=1S/C11H16FN/c1-4-11(2,3)13-10-7-5-9(12)6-8-10/h5-8,13H,4H2,1-3H3. The molecule has 0 heterocycles. The van der Waals surface area contributed by atoms with Crippen molar-refractivity contribution in [3.8, 4) is 0 Å². The Morgan fingerprint density at radius 3 is 2.23 bits per heavy atom. The molecule has 2 heteroatoms. The zero-order valence-electron chi connectivity index (χ0n) is 8.39. The highest BCUT2D eigenvalue weighted by molar-refractivity contribution is 5.44. The minimum atomic E-state index is -0.195. The van der Waals surface area contributed by atoms with E-state index in [-0.39, 0.29) is 11.4 Å². The maximum absolute atomic E-state index is 12.6. The van der Waals surface area contributed by atoms with Gasteiger partial charge in [-0.15, -0.1) is 0 Å². The number of halogens is 1. The molecule has 0 radical (unpaired) electrons. The summed E-state index contributed by atoms with van der Waals surface area (Å²) in [5.41, 5.74) is 1.03. The fraction of sp³-hybridized carbons (Fsp3) is 0.455. The van der Waals surface area contributed by atoms with E-state index in [4.69, 9.17) is 0 Å². The summed E-state index contributed by atoms with van der Waals surface area (Å²) in [5, 5.41) is 3.33. The van der Waals surface area contributed by atoms with Crippen LogP contribution in [0.1, 0.15) is 27.2 Å². The molecule has 0 fully saturated rings. The molecule has 72 valence electrons. The third kappa shape index (κ3) is 3.05. The number of benzene rings is 1. The van der Waals surface area contributed by atoms with E-state index in [1.807, 2.05) is 0 Å². The van der Waals surface area contributed by atoms with Gasteiger partial charge in [-0.05, 0) is 44.5 Å². The van der Waals surface area contributed by atoms with Crippen molar-refractivity contribution < 1.29 is 4.39 Å². The van der Waals surface area contributed by atoms with Crippen molar-refractivity contribution in [3.05, 3.63) is 30.1 Å². The second-order valence-electron chi connectivity index (χ2n) is 3.87. The highest BCUT2D eigenvalue weighted by atomic mass is 19.1. The second-order valence-corrected chi connectivity index (χ2v) is 3.87. The molecule has 0 aliphatic rings. The molecule has 0 amide bonds. The zero-order chi connectivity index (χ0) is 9.90. The van der Waals surface area contributed by atoms with Gasteiger partial charge in [-0.25, -0.2) is 4.39 Å². The second kappa shape index (κ2) is 3.77. The van der Waals surface area contributed by atoms with Gasteiger partial charge in [-0.2, -0.15) is 0 Å². The Morgan fingerprint density at radius 1 is 1.23 bits per heavy atom. The van der Waals surface area contributed by atoms with Crippen molar-refractivity contribution >= 4 is 5.69 Å². The summed E-state index contributed by atoms with van der Waals surface area (Å²) in [6.07, 6.45) is 1.03. The van der Waals surface area contributed by atoms with Crippen LogP contribution in [0.2, 0.25) is 0 Å². The molecule has 0 aliphatic carbocycles. The number of hydrogen-bond donors (Lipinski definition) is 1. The molecular weight excluding hydrogens is 165 g/mol. The highest BCUT2D eigenvalue weighted by Crippen LogP contribution is 2.17. The third-order valence-electron chi connectivity index (χ3n) is 2.21. The Balaban J connectivity index is 2.69. The Morgan fingerprint density at radius 2 is 1.77 bits per heavy atom. The van der Waals surface area contributed by atoms with Crippen LogP contribution in [0.4, 0.5) is 10.1 Å². The Kier molecular flexibility index (Phi) is 2.91. The molecule has 0 saturated heterocycles. The van der Waals surface area contributed by atoms with Crippen LogP contribution in [-0.2, 0) is 0 Å². The maximum Gasteiger partial charge on any atom is 0.123 e. The van der Waals surface area contributed by atoms with Crippen molar-refractivity contribution in [3.63, 3.8) is 0 Å².